The molecule has 2 aromatic rings. The summed E-state index contributed by atoms with van der Waals surface area (Å²) in [5.41, 5.74) is 0. The van der Waals surface area contributed by atoms with Crippen molar-refractivity contribution < 1.29 is 0 Å². The SMILES string of the molecule is C#CCNc1ncc(Br)c2ccsc12. The molecule has 0 saturated heterocycles. The van der Waals surface area contributed by atoms with Crippen LogP contribution in [0.25, 0.3) is 10.1 Å². The summed E-state index contributed by atoms with van der Waals surface area (Å²) in [4.78, 5) is 4.27. The van der Waals surface area contributed by atoms with Crippen molar-refractivity contribution in [3.63, 3.8) is 0 Å². The number of aromatic nitrogens is 1. The average molecular weight is 267 g/mol. The lowest BCUT2D eigenvalue weighted by molar-refractivity contribution is 1.27. The molecule has 2 aromatic heterocycles. The summed E-state index contributed by atoms with van der Waals surface area (Å²) in [6, 6.07) is 2.06. The van der Waals surface area contributed by atoms with Gasteiger partial charge in [-0.3, -0.25) is 0 Å². The van der Waals surface area contributed by atoms with Crippen molar-refractivity contribution in [3.8, 4) is 12.3 Å². The Bertz CT molecular complexity index is 498. The van der Waals surface area contributed by atoms with Crippen LogP contribution in [0, 0.1) is 12.3 Å². The number of fused-ring (bicyclic) bond motifs is 1. The number of hydrogen-bond acceptors (Lipinski definition) is 3. The van der Waals surface area contributed by atoms with Crippen LogP contribution in [-0.4, -0.2) is 11.5 Å². The highest BCUT2D eigenvalue weighted by molar-refractivity contribution is 9.10. The predicted octanol–water partition coefficient (Wildman–Crippen LogP) is 3.10. The molecule has 70 valence electrons. The molecule has 2 heterocycles. The first kappa shape index (κ1) is 9.50. The van der Waals surface area contributed by atoms with E-state index in [2.05, 4.69) is 38.2 Å². The molecule has 2 rings (SSSR count). The van der Waals surface area contributed by atoms with Crippen LogP contribution in [0.4, 0.5) is 5.82 Å². The van der Waals surface area contributed by atoms with Gasteiger partial charge in [-0.05, 0) is 27.4 Å². The lowest BCUT2D eigenvalue weighted by atomic mass is 10.3. The van der Waals surface area contributed by atoms with Gasteiger partial charge in [-0.2, -0.15) is 0 Å². The zero-order chi connectivity index (χ0) is 9.97. The Labute approximate surface area is 94.5 Å². The molecule has 0 aliphatic carbocycles. The van der Waals surface area contributed by atoms with Crippen molar-refractivity contribution in [1.29, 1.82) is 0 Å². The van der Waals surface area contributed by atoms with E-state index in [4.69, 9.17) is 6.42 Å². The first-order chi connectivity index (χ1) is 6.83. The number of terminal acetylenes is 1. The fraction of sp³-hybridized carbons (Fsp3) is 0.100. The first-order valence-electron chi connectivity index (χ1n) is 4.02. The van der Waals surface area contributed by atoms with Gasteiger partial charge in [0.05, 0.1) is 11.2 Å². The second-order valence-electron chi connectivity index (χ2n) is 2.68. The number of nitrogens with zero attached hydrogens (tertiary/aromatic N) is 1. The summed E-state index contributed by atoms with van der Waals surface area (Å²) in [5.74, 6) is 3.39. The van der Waals surface area contributed by atoms with E-state index in [-0.39, 0.29) is 0 Å². The Kier molecular flexibility index (Phi) is 2.71. The van der Waals surface area contributed by atoms with Crippen molar-refractivity contribution >= 4 is 43.2 Å². The third-order valence-electron chi connectivity index (χ3n) is 1.80. The molecule has 14 heavy (non-hydrogen) atoms. The van der Waals surface area contributed by atoms with Gasteiger partial charge in [-0.25, -0.2) is 4.98 Å². The van der Waals surface area contributed by atoms with E-state index >= 15 is 0 Å². The molecule has 0 spiro atoms. The average Bonchev–Trinajstić information content (AvgIpc) is 2.66. The van der Waals surface area contributed by atoms with Crippen LogP contribution in [0.15, 0.2) is 22.1 Å². The Morgan fingerprint density at radius 1 is 1.64 bits per heavy atom. The number of thiophene rings is 1. The van der Waals surface area contributed by atoms with Crippen LogP contribution in [-0.2, 0) is 0 Å². The van der Waals surface area contributed by atoms with Crippen LogP contribution < -0.4 is 5.32 Å². The Morgan fingerprint density at radius 3 is 3.29 bits per heavy atom. The Balaban J connectivity index is 2.51. The van der Waals surface area contributed by atoms with E-state index in [1.54, 1.807) is 17.5 Å². The van der Waals surface area contributed by atoms with Gasteiger partial charge >= 0.3 is 0 Å². The zero-order valence-corrected chi connectivity index (χ0v) is 9.65. The summed E-state index contributed by atoms with van der Waals surface area (Å²) in [7, 11) is 0. The Morgan fingerprint density at radius 2 is 2.50 bits per heavy atom. The van der Waals surface area contributed by atoms with E-state index in [1.165, 1.54) is 5.39 Å². The molecule has 0 aliphatic rings. The van der Waals surface area contributed by atoms with Gasteiger partial charge in [0, 0.05) is 16.1 Å². The van der Waals surface area contributed by atoms with Crippen molar-refractivity contribution in [2.45, 2.75) is 0 Å². The number of rotatable bonds is 2. The molecular weight excluding hydrogens is 260 g/mol. The summed E-state index contributed by atoms with van der Waals surface area (Å²) < 4.78 is 2.15. The quantitative estimate of drug-likeness (QED) is 0.846. The minimum absolute atomic E-state index is 0.502. The zero-order valence-electron chi connectivity index (χ0n) is 7.25. The number of nitrogens with one attached hydrogen (secondary N) is 1. The third-order valence-corrected chi connectivity index (χ3v) is 3.36. The van der Waals surface area contributed by atoms with Crippen molar-refractivity contribution in [2.24, 2.45) is 0 Å². The summed E-state index contributed by atoms with van der Waals surface area (Å²) in [6.07, 6.45) is 6.97. The first-order valence-corrected chi connectivity index (χ1v) is 5.69. The molecule has 0 aliphatic heterocycles. The van der Waals surface area contributed by atoms with Gasteiger partial charge in [0.15, 0.2) is 0 Å². The molecule has 2 nitrogen and oxygen atoms in total. The summed E-state index contributed by atoms with van der Waals surface area (Å²) >= 11 is 5.11. The highest BCUT2D eigenvalue weighted by Gasteiger charge is 2.05. The van der Waals surface area contributed by atoms with Gasteiger partial charge in [-0.15, -0.1) is 17.8 Å². The molecule has 4 heteroatoms. The maximum atomic E-state index is 5.18. The van der Waals surface area contributed by atoms with E-state index in [0.29, 0.717) is 6.54 Å². The topological polar surface area (TPSA) is 24.9 Å². The Hall–Kier alpha value is -1.05. The third kappa shape index (κ3) is 1.61. The molecule has 1 N–H and O–H groups in total. The number of halogens is 1. The molecule has 0 amide bonds. The molecule has 0 fully saturated rings. The number of anilines is 1. The largest absolute Gasteiger partial charge is 0.358 e. The van der Waals surface area contributed by atoms with Gasteiger partial charge in [0.25, 0.3) is 0 Å². The van der Waals surface area contributed by atoms with E-state index < -0.39 is 0 Å². The smallest absolute Gasteiger partial charge is 0.144 e. The lowest BCUT2D eigenvalue weighted by Gasteiger charge is -2.03. The molecule has 0 saturated carbocycles. The van der Waals surface area contributed by atoms with Gasteiger partial charge in [-0.1, -0.05) is 5.92 Å². The summed E-state index contributed by atoms with van der Waals surface area (Å²) in [6.45, 7) is 0.502. The van der Waals surface area contributed by atoms with Gasteiger partial charge in [0.1, 0.15) is 5.82 Å². The van der Waals surface area contributed by atoms with Crippen LogP contribution in [0.2, 0.25) is 0 Å². The minimum atomic E-state index is 0.502. The highest BCUT2D eigenvalue weighted by Crippen LogP contribution is 2.32. The second kappa shape index (κ2) is 3.99. The van der Waals surface area contributed by atoms with Crippen molar-refractivity contribution in [2.75, 3.05) is 11.9 Å². The van der Waals surface area contributed by atoms with E-state index in [1.807, 2.05) is 5.38 Å². The maximum Gasteiger partial charge on any atom is 0.144 e. The normalized spacial score (nSPS) is 10.0. The molecule has 0 radical (unpaired) electrons. The van der Waals surface area contributed by atoms with Crippen LogP contribution in [0.1, 0.15) is 0 Å². The standard InChI is InChI=1S/C10H7BrN2S/c1-2-4-12-10-9-7(3-5-14-9)8(11)6-13-10/h1,3,5-6H,4H2,(H,12,13). The monoisotopic (exact) mass is 266 g/mol. The fourth-order valence-electron chi connectivity index (χ4n) is 1.19. The summed E-state index contributed by atoms with van der Waals surface area (Å²) in [5, 5.41) is 6.30. The van der Waals surface area contributed by atoms with E-state index in [0.717, 1.165) is 15.0 Å². The van der Waals surface area contributed by atoms with E-state index in [9.17, 15) is 0 Å². The second-order valence-corrected chi connectivity index (χ2v) is 4.45. The number of hydrogen-bond donors (Lipinski definition) is 1. The molecule has 0 unspecified atom stereocenters. The van der Waals surface area contributed by atoms with Crippen LogP contribution in [0.5, 0.6) is 0 Å². The molecule has 0 atom stereocenters. The predicted molar refractivity (Wildman–Crippen MR) is 64.6 cm³/mol. The van der Waals surface area contributed by atoms with Crippen molar-refractivity contribution in [1.82, 2.24) is 4.98 Å². The fourth-order valence-corrected chi connectivity index (χ4v) is 2.64. The van der Waals surface area contributed by atoms with Crippen molar-refractivity contribution in [3.05, 3.63) is 22.1 Å². The molecule has 0 bridgehead atoms. The highest BCUT2D eigenvalue weighted by atomic mass is 79.9. The van der Waals surface area contributed by atoms with Crippen LogP contribution >= 0.6 is 27.3 Å². The lowest BCUT2D eigenvalue weighted by Crippen LogP contribution is -2.00. The van der Waals surface area contributed by atoms with Gasteiger partial charge in [0.2, 0.25) is 0 Å². The number of pyridine rings is 1. The van der Waals surface area contributed by atoms with Gasteiger partial charge < -0.3 is 5.32 Å². The maximum absolute atomic E-state index is 5.18. The molecular formula is C10H7BrN2S. The van der Waals surface area contributed by atoms with Crippen LogP contribution in [0.3, 0.4) is 0 Å². The minimum Gasteiger partial charge on any atom is -0.358 e. The molecule has 0 aromatic carbocycles.